The van der Waals surface area contributed by atoms with Crippen LogP contribution in [0.5, 0.6) is 0 Å². The molecule has 2 saturated heterocycles. The Morgan fingerprint density at radius 3 is 3.17 bits per heavy atom. The van der Waals surface area contributed by atoms with Crippen LogP contribution >= 0.6 is 11.3 Å². The van der Waals surface area contributed by atoms with Gasteiger partial charge in [0.15, 0.2) is 0 Å². The molecule has 128 valence electrons. The van der Waals surface area contributed by atoms with Gasteiger partial charge in [-0.3, -0.25) is 9.88 Å². The van der Waals surface area contributed by atoms with Crippen LogP contribution in [0.2, 0.25) is 0 Å². The summed E-state index contributed by atoms with van der Waals surface area (Å²) < 4.78 is 12.3. The molecular weight excluding hydrogens is 322 g/mol. The second kappa shape index (κ2) is 7.27. The number of thiazole rings is 1. The normalized spacial score (nSPS) is 27.3. The lowest BCUT2D eigenvalue weighted by Crippen LogP contribution is -2.41. The number of hydrogen-bond donors (Lipinski definition) is 0. The molecule has 2 aromatic heterocycles. The van der Waals surface area contributed by atoms with Crippen molar-refractivity contribution in [2.24, 2.45) is 0 Å². The van der Waals surface area contributed by atoms with Gasteiger partial charge in [0, 0.05) is 36.5 Å². The SMILES string of the molecule is Cc1csc(CN2C[C@@H](OCc3ccccn3)[C@@H]3OCCC[C@@H]32)n1. The summed E-state index contributed by atoms with van der Waals surface area (Å²) in [6.07, 6.45) is 4.39. The summed E-state index contributed by atoms with van der Waals surface area (Å²) in [5, 5.41) is 3.30. The standard InChI is InChI=1S/C18H23N3O2S/c1-13-12-24-17(20-13)10-21-9-16(18-15(21)6-4-8-22-18)23-11-14-5-2-3-7-19-14/h2-3,5,7,12,15-16,18H,4,6,8-11H2,1H3/t15-,16+,18+/m0/s1. The average molecular weight is 345 g/mol. The van der Waals surface area contributed by atoms with Gasteiger partial charge in [0.1, 0.15) is 11.1 Å². The molecule has 6 heteroatoms. The van der Waals surface area contributed by atoms with Gasteiger partial charge in [-0.1, -0.05) is 6.07 Å². The first-order valence-electron chi connectivity index (χ1n) is 8.58. The zero-order valence-corrected chi connectivity index (χ0v) is 14.7. The highest BCUT2D eigenvalue weighted by atomic mass is 32.1. The summed E-state index contributed by atoms with van der Waals surface area (Å²) in [7, 11) is 0. The smallest absolute Gasteiger partial charge is 0.107 e. The maximum atomic E-state index is 6.19. The number of aromatic nitrogens is 2. The number of nitrogens with zero attached hydrogens (tertiary/aromatic N) is 3. The fourth-order valence-corrected chi connectivity index (χ4v) is 4.45. The lowest BCUT2D eigenvalue weighted by molar-refractivity contribution is -0.0824. The summed E-state index contributed by atoms with van der Waals surface area (Å²) in [6, 6.07) is 6.37. The number of hydrogen-bond acceptors (Lipinski definition) is 6. The molecule has 5 nitrogen and oxygen atoms in total. The molecule has 0 spiro atoms. The van der Waals surface area contributed by atoms with Crippen LogP contribution in [-0.4, -0.2) is 46.3 Å². The van der Waals surface area contributed by atoms with E-state index in [2.05, 4.69) is 27.2 Å². The van der Waals surface area contributed by atoms with E-state index < -0.39 is 0 Å². The van der Waals surface area contributed by atoms with Gasteiger partial charge in [-0.25, -0.2) is 4.98 Å². The third kappa shape index (κ3) is 3.52. The van der Waals surface area contributed by atoms with Crippen LogP contribution in [0.3, 0.4) is 0 Å². The molecule has 3 atom stereocenters. The minimum atomic E-state index is 0.110. The first kappa shape index (κ1) is 16.1. The van der Waals surface area contributed by atoms with Gasteiger partial charge in [-0.15, -0.1) is 11.3 Å². The Balaban J connectivity index is 1.42. The number of rotatable bonds is 5. The third-order valence-corrected chi connectivity index (χ3v) is 5.71. The van der Waals surface area contributed by atoms with E-state index in [-0.39, 0.29) is 12.2 Å². The number of fused-ring (bicyclic) bond motifs is 1. The monoisotopic (exact) mass is 345 g/mol. The lowest BCUT2D eigenvalue weighted by Gasteiger charge is -2.32. The van der Waals surface area contributed by atoms with Gasteiger partial charge >= 0.3 is 0 Å². The number of ether oxygens (including phenoxy) is 2. The predicted molar refractivity (Wildman–Crippen MR) is 92.8 cm³/mol. The van der Waals surface area contributed by atoms with Gasteiger partial charge in [0.2, 0.25) is 0 Å². The Morgan fingerprint density at radius 1 is 1.42 bits per heavy atom. The van der Waals surface area contributed by atoms with Crippen LogP contribution in [0, 0.1) is 6.92 Å². The zero-order valence-electron chi connectivity index (χ0n) is 13.9. The second-order valence-corrected chi connectivity index (χ2v) is 7.47. The molecule has 4 rings (SSSR count). The van der Waals surface area contributed by atoms with Crippen molar-refractivity contribution in [3.05, 3.63) is 46.2 Å². The molecule has 24 heavy (non-hydrogen) atoms. The molecule has 0 radical (unpaired) electrons. The van der Waals surface area contributed by atoms with Crippen molar-refractivity contribution in [1.29, 1.82) is 0 Å². The molecule has 0 saturated carbocycles. The number of likely N-dealkylation sites (tertiary alicyclic amines) is 1. The minimum absolute atomic E-state index is 0.110. The third-order valence-electron chi connectivity index (χ3n) is 4.76. The van der Waals surface area contributed by atoms with E-state index in [9.17, 15) is 0 Å². The molecule has 2 aliphatic rings. The highest BCUT2D eigenvalue weighted by molar-refractivity contribution is 7.09. The molecular formula is C18H23N3O2S. The van der Waals surface area contributed by atoms with Crippen LogP contribution in [0.15, 0.2) is 29.8 Å². The second-order valence-electron chi connectivity index (χ2n) is 6.53. The molecule has 2 fully saturated rings. The molecule has 4 heterocycles. The molecule has 2 aliphatic heterocycles. The van der Waals surface area contributed by atoms with Crippen LogP contribution in [0.25, 0.3) is 0 Å². The molecule has 0 aliphatic carbocycles. The Kier molecular flexibility index (Phi) is 4.89. The molecule has 0 amide bonds. The van der Waals surface area contributed by atoms with Crippen LogP contribution in [0.4, 0.5) is 0 Å². The van der Waals surface area contributed by atoms with Crippen molar-refractivity contribution >= 4 is 11.3 Å². The molecule has 0 N–H and O–H groups in total. The van der Waals surface area contributed by atoms with E-state index in [1.54, 1.807) is 11.3 Å². The largest absolute Gasteiger partial charge is 0.374 e. The maximum Gasteiger partial charge on any atom is 0.107 e. The lowest BCUT2D eigenvalue weighted by atomic mass is 10.0. The van der Waals surface area contributed by atoms with Gasteiger partial charge in [0.05, 0.1) is 24.9 Å². The predicted octanol–water partition coefficient (Wildman–Crippen LogP) is 2.80. The highest BCUT2D eigenvalue weighted by Gasteiger charge is 2.44. The summed E-state index contributed by atoms with van der Waals surface area (Å²) in [4.78, 5) is 11.5. The number of aryl methyl sites for hydroxylation is 1. The van der Waals surface area contributed by atoms with Gasteiger partial charge < -0.3 is 9.47 Å². The van der Waals surface area contributed by atoms with Gasteiger partial charge in [-0.2, -0.15) is 0 Å². The minimum Gasteiger partial charge on any atom is -0.374 e. The maximum absolute atomic E-state index is 6.19. The molecule has 0 aromatic carbocycles. The Morgan fingerprint density at radius 2 is 2.38 bits per heavy atom. The quantitative estimate of drug-likeness (QED) is 0.834. The van der Waals surface area contributed by atoms with Crippen LogP contribution < -0.4 is 0 Å². The fourth-order valence-electron chi connectivity index (χ4n) is 3.66. The van der Waals surface area contributed by atoms with Crippen molar-refractivity contribution < 1.29 is 9.47 Å². The van der Waals surface area contributed by atoms with Crippen molar-refractivity contribution in [3.63, 3.8) is 0 Å². The molecule has 0 unspecified atom stereocenters. The first-order valence-corrected chi connectivity index (χ1v) is 9.46. The summed E-state index contributed by atoms with van der Waals surface area (Å²) in [6.45, 7) is 5.24. The van der Waals surface area contributed by atoms with E-state index in [4.69, 9.17) is 9.47 Å². The summed E-state index contributed by atoms with van der Waals surface area (Å²) in [5.41, 5.74) is 2.08. The van der Waals surface area contributed by atoms with Crippen molar-refractivity contribution in [2.75, 3.05) is 13.2 Å². The van der Waals surface area contributed by atoms with Crippen molar-refractivity contribution in [2.45, 2.75) is 51.2 Å². The van der Waals surface area contributed by atoms with Gasteiger partial charge in [-0.05, 0) is 31.9 Å². The van der Waals surface area contributed by atoms with Gasteiger partial charge in [0.25, 0.3) is 0 Å². The molecule has 2 aromatic rings. The first-order chi connectivity index (χ1) is 11.8. The molecule has 0 bridgehead atoms. The Hall–Kier alpha value is -1.34. The number of pyridine rings is 1. The van der Waals surface area contributed by atoms with E-state index in [1.807, 2.05) is 24.4 Å². The van der Waals surface area contributed by atoms with E-state index in [1.165, 1.54) is 11.4 Å². The fraction of sp³-hybridized carbons (Fsp3) is 0.556. The summed E-state index contributed by atoms with van der Waals surface area (Å²) >= 11 is 1.74. The van der Waals surface area contributed by atoms with Crippen LogP contribution in [-0.2, 0) is 22.6 Å². The van der Waals surface area contributed by atoms with E-state index in [0.717, 1.165) is 37.5 Å². The van der Waals surface area contributed by atoms with E-state index in [0.29, 0.717) is 12.6 Å². The summed E-state index contributed by atoms with van der Waals surface area (Å²) in [5.74, 6) is 0. The zero-order chi connectivity index (χ0) is 16.4. The van der Waals surface area contributed by atoms with Crippen molar-refractivity contribution in [3.8, 4) is 0 Å². The highest BCUT2D eigenvalue weighted by Crippen LogP contribution is 2.32. The Labute approximate surface area is 146 Å². The van der Waals surface area contributed by atoms with Crippen molar-refractivity contribution in [1.82, 2.24) is 14.9 Å². The van der Waals surface area contributed by atoms with E-state index >= 15 is 0 Å². The Bertz CT molecular complexity index is 663. The topological polar surface area (TPSA) is 47.5 Å². The van der Waals surface area contributed by atoms with Crippen LogP contribution in [0.1, 0.15) is 29.2 Å². The average Bonchev–Trinajstić information content (AvgIpc) is 3.18.